The third-order valence-corrected chi connectivity index (χ3v) is 5.22. The predicted octanol–water partition coefficient (Wildman–Crippen LogP) is 6.11. The number of amides is 1. The number of nitrogens with one attached hydrogen (secondary N) is 1. The number of rotatable bonds is 9. The van der Waals surface area contributed by atoms with Gasteiger partial charge in [-0.05, 0) is 59.5 Å². The van der Waals surface area contributed by atoms with Gasteiger partial charge in [-0.1, -0.05) is 43.3 Å². The number of halogens is 3. The molecule has 1 amide bonds. The van der Waals surface area contributed by atoms with Crippen molar-refractivity contribution in [2.75, 3.05) is 6.54 Å². The molecule has 5 nitrogen and oxygen atoms in total. The Morgan fingerprint density at radius 2 is 1.47 bits per heavy atom. The lowest BCUT2D eigenvalue weighted by atomic mass is 10.0. The largest absolute Gasteiger partial charge is 0.486 e. The van der Waals surface area contributed by atoms with E-state index in [1.807, 2.05) is 6.92 Å². The number of aliphatic carboxylic acids is 1. The van der Waals surface area contributed by atoms with Crippen molar-refractivity contribution < 1.29 is 32.6 Å². The van der Waals surface area contributed by atoms with Crippen molar-refractivity contribution in [2.24, 2.45) is 0 Å². The van der Waals surface area contributed by atoms with Gasteiger partial charge in [0.15, 0.2) is 0 Å². The Kier molecular flexibility index (Phi) is 7.94. The van der Waals surface area contributed by atoms with Crippen molar-refractivity contribution in [3.05, 3.63) is 89.5 Å². The first-order chi connectivity index (χ1) is 16.2. The Morgan fingerprint density at radius 1 is 0.912 bits per heavy atom. The summed E-state index contributed by atoms with van der Waals surface area (Å²) in [5, 5.41) is 11.2. The molecule has 0 fully saturated rings. The minimum Gasteiger partial charge on any atom is -0.486 e. The van der Waals surface area contributed by atoms with Gasteiger partial charge in [0.05, 0.1) is 12.0 Å². The van der Waals surface area contributed by atoms with Gasteiger partial charge in [-0.15, -0.1) is 0 Å². The number of carboxylic acids is 1. The summed E-state index contributed by atoms with van der Waals surface area (Å²) >= 11 is 0. The highest BCUT2D eigenvalue weighted by Crippen LogP contribution is 2.32. The van der Waals surface area contributed by atoms with E-state index in [2.05, 4.69) is 5.32 Å². The maximum atomic E-state index is 12.8. The van der Waals surface area contributed by atoms with Gasteiger partial charge in [0.2, 0.25) is 0 Å². The number of alkyl halides is 3. The molecular weight excluding hydrogens is 447 g/mol. The summed E-state index contributed by atoms with van der Waals surface area (Å²) in [5.74, 6) is -0.718. The highest BCUT2D eigenvalue weighted by Gasteiger charge is 2.29. The standard InChI is InChI=1S/C26H24F3NO4/c1-2-23(19-3-5-20(6-4-19)25(33)30-16-15-24(31)32)34-22-13-9-18(10-14-22)17-7-11-21(12-8-17)26(27,28)29/h3-14,23H,2,15-16H2,1H3,(H,30,33)(H,31,32). The Labute approximate surface area is 195 Å². The molecule has 34 heavy (non-hydrogen) atoms. The number of carbonyl (C=O) groups excluding carboxylic acids is 1. The average molecular weight is 471 g/mol. The lowest BCUT2D eigenvalue weighted by molar-refractivity contribution is -0.138. The van der Waals surface area contributed by atoms with E-state index in [-0.39, 0.29) is 25.0 Å². The molecule has 0 spiro atoms. The molecule has 3 rings (SSSR count). The van der Waals surface area contributed by atoms with Gasteiger partial charge in [0, 0.05) is 12.1 Å². The molecule has 1 atom stereocenters. The van der Waals surface area contributed by atoms with Crippen LogP contribution in [0.5, 0.6) is 5.75 Å². The molecular formula is C26H24F3NO4. The molecule has 1 unspecified atom stereocenters. The van der Waals surface area contributed by atoms with Gasteiger partial charge in [0.1, 0.15) is 11.9 Å². The van der Waals surface area contributed by atoms with Gasteiger partial charge in [-0.25, -0.2) is 0 Å². The lowest BCUT2D eigenvalue weighted by Crippen LogP contribution is -2.26. The zero-order valence-corrected chi connectivity index (χ0v) is 18.4. The highest BCUT2D eigenvalue weighted by molar-refractivity contribution is 5.94. The fourth-order valence-electron chi connectivity index (χ4n) is 3.36. The minimum absolute atomic E-state index is 0.0546. The summed E-state index contributed by atoms with van der Waals surface area (Å²) in [6, 6.07) is 19.0. The van der Waals surface area contributed by atoms with Crippen LogP contribution in [0.1, 0.15) is 47.4 Å². The minimum atomic E-state index is -4.37. The zero-order chi connectivity index (χ0) is 24.7. The van der Waals surface area contributed by atoms with E-state index in [0.29, 0.717) is 23.3 Å². The van der Waals surface area contributed by atoms with Crippen molar-refractivity contribution in [3.8, 4) is 16.9 Å². The molecule has 0 radical (unpaired) electrons. The van der Waals surface area contributed by atoms with Gasteiger partial charge >= 0.3 is 12.1 Å². The Hall–Kier alpha value is -3.81. The van der Waals surface area contributed by atoms with Crippen LogP contribution >= 0.6 is 0 Å². The molecule has 0 aliphatic carbocycles. The Bertz CT molecular complexity index is 1110. The van der Waals surface area contributed by atoms with Gasteiger partial charge in [-0.3, -0.25) is 9.59 Å². The number of carbonyl (C=O) groups is 2. The summed E-state index contributed by atoms with van der Waals surface area (Å²) in [5.41, 5.74) is 2.04. The molecule has 0 aliphatic rings. The first-order valence-corrected chi connectivity index (χ1v) is 10.7. The number of ether oxygens (including phenoxy) is 1. The van der Waals surface area contributed by atoms with Crippen LogP contribution in [0.2, 0.25) is 0 Å². The monoisotopic (exact) mass is 471 g/mol. The normalized spacial score (nSPS) is 12.1. The second-order valence-electron chi connectivity index (χ2n) is 7.64. The van der Waals surface area contributed by atoms with Crippen molar-refractivity contribution in [1.29, 1.82) is 0 Å². The first-order valence-electron chi connectivity index (χ1n) is 10.7. The molecule has 0 saturated carbocycles. The summed E-state index contributed by atoms with van der Waals surface area (Å²) in [6.07, 6.45) is -4.10. The van der Waals surface area contributed by atoms with Gasteiger partial charge in [-0.2, -0.15) is 13.2 Å². The number of hydrogen-bond donors (Lipinski definition) is 2. The second kappa shape index (κ2) is 10.9. The molecule has 0 bridgehead atoms. The maximum Gasteiger partial charge on any atom is 0.416 e. The van der Waals surface area contributed by atoms with E-state index in [1.165, 1.54) is 12.1 Å². The molecule has 3 aromatic carbocycles. The van der Waals surface area contributed by atoms with Crippen LogP contribution in [0.4, 0.5) is 13.2 Å². The van der Waals surface area contributed by atoms with Crippen LogP contribution in [0.3, 0.4) is 0 Å². The Balaban J connectivity index is 1.64. The molecule has 178 valence electrons. The number of benzene rings is 3. The topological polar surface area (TPSA) is 75.6 Å². The quantitative estimate of drug-likeness (QED) is 0.395. The van der Waals surface area contributed by atoms with Crippen LogP contribution in [0.15, 0.2) is 72.8 Å². The molecule has 0 saturated heterocycles. The third kappa shape index (κ3) is 6.60. The van der Waals surface area contributed by atoms with E-state index in [4.69, 9.17) is 9.84 Å². The van der Waals surface area contributed by atoms with Crippen LogP contribution in [0, 0.1) is 0 Å². The zero-order valence-electron chi connectivity index (χ0n) is 18.4. The molecule has 0 aliphatic heterocycles. The highest BCUT2D eigenvalue weighted by atomic mass is 19.4. The average Bonchev–Trinajstić information content (AvgIpc) is 2.82. The second-order valence-corrected chi connectivity index (χ2v) is 7.64. The van der Waals surface area contributed by atoms with Crippen LogP contribution < -0.4 is 10.1 Å². The summed E-state index contributed by atoms with van der Waals surface area (Å²) < 4.78 is 44.3. The molecule has 8 heteroatoms. The van der Waals surface area contributed by atoms with Gasteiger partial charge in [0.25, 0.3) is 5.91 Å². The molecule has 0 heterocycles. The van der Waals surface area contributed by atoms with Crippen LogP contribution in [0.25, 0.3) is 11.1 Å². The van der Waals surface area contributed by atoms with Crippen molar-refractivity contribution in [2.45, 2.75) is 32.0 Å². The van der Waals surface area contributed by atoms with Crippen molar-refractivity contribution in [3.63, 3.8) is 0 Å². The number of hydrogen-bond acceptors (Lipinski definition) is 3. The first kappa shape index (κ1) is 24.8. The summed E-state index contributed by atoms with van der Waals surface area (Å²) in [7, 11) is 0. The fourth-order valence-corrected chi connectivity index (χ4v) is 3.36. The summed E-state index contributed by atoms with van der Waals surface area (Å²) in [6.45, 7) is 2.02. The van der Waals surface area contributed by atoms with E-state index < -0.39 is 17.7 Å². The van der Waals surface area contributed by atoms with E-state index in [0.717, 1.165) is 23.3 Å². The van der Waals surface area contributed by atoms with E-state index in [1.54, 1.807) is 48.5 Å². The SMILES string of the molecule is CCC(Oc1ccc(-c2ccc(C(F)(F)F)cc2)cc1)c1ccc(C(=O)NCCC(=O)O)cc1. The molecule has 0 aromatic heterocycles. The fraction of sp³-hybridized carbons (Fsp3) is 0.231. The predicted molar refractivity (Wildman–Crippen MR) is 122 cm³/mol. The van der Waals surface area contributed by atoms with Crippen molar-refractivity contribution >= 4 is 11.9 Å². The van der Waals surface area contributed by atoms with E-state index in [9.17, 15) is 22.8 Å². The van der Waals surface area contributed by atoms with Crippen LogP contribution in [-0.4, -0.2) is 23.5 Å². The van der Waals surface area contributed by atoms with E-state index >= 15 is 0 Å². The van der Waals surface area contributed by atoms with Crippen molar-refractivity contribution in [1.82, 2.24) is 5.32 Å². The Morgan fingerprint density at radius 3 is 1.97 bits per heavy atom. The smallest absolute Gasteiger partial charge is 0.416 e. The lowest BCUT2D eigenvalue weighted by Gasteiger charge is -2.19. The number of carboxylic acid groups (broad SMARTS) is 1. The maximum absolute atomic E-state index is 12.8. The van der Waals surface area contributed by atoms with Crippen LogP contribution in [-0.2, 0) is 11.0 Å². The van der Waals surface area contributed by atoms with Gasteiger partial charge < -0.3 is 15.2 Å². The summed E-state index contributed by atoms with van der Waals surface area (Å²) in [4.78, 5) is 22.6. The molecule has 3 aromatic rings. The molecule has 2 N–H and O–H groups in total. The third-order valence-electron chi connectivity index (χ3n) is 5.22.